The minimum absolute atomic E-state index is 0.0409. The van der Waals surface area contributed by atoms with Crippen LogP contribution in [0.2, 0.25) is 0 Å². The zero-order valence-corrected chi connectivity index (χ0v) is 14.0. The van der Waals surface area contributed by atoms with Crippen LogP contribution in [0.25, 0.3) is 0 Å². The molecule has 0 aliphatic carbocycles. The summed E-state index contributed by atoms with van der Waals surface area (Å²) in [5.41, 5.74) is 0.909. The molecule has 1 heterocycles. The molecule has 0 radical (unpaired) electrons. The maximum atomic E-state index is 11.9. The van der Waals surface area contributed by atoms with Crippen LogP contribution in [0.4, 0.5) is 10.5 Å². The van der Waals surface area contributed by atoms with Gasteiger partial charge in [-0.25, -0.2) is 9.59 Å². The summed E-state index contributed by atoms with van der Waals surface area (Å²) >= 11 is 0. The van der Waals surface area contributed by atoms with Gasteiger partial charge in [-0.1, -0.05) is 25.5 Å². The highest BCUT2D eigenvalue weighted by Gasteiger charge is 2.07. The Labute approximate surface area is 144 Å². The molecule has 2 aromatic rings. The van der Waals surface area contributed by atoms with Crippen molar-refractivity contribution in [2.75, 3.05) is 11.9 Å². The molecule has 0 unspecified atom stereocenters. The van der Waals surface area contributed by atoms with E-state index in [2.05, 4.69) is 22.5 Å². The molecule has 0 atom stereocenters. The Balaban J connectivity index is 1.96. The lowest BCUT2D eigenvalue weighted by Gasteiger charge is -2.09. The SMILES string of the molecule is CCCc1ccc(NC(=O)NCc2cn(CCO)c(=O)[nH]c2=O)cc1. The number of aliphatic hydroxyl groups is 1. The molecule has 2 amide bonds. The Morgan fingerprint density at radius 3 is 2.60 bits per heavy atom. The molecule has 8 heteroatoms. The molecule has 8 nitrogen and oxygen atoms in total. The molecule has 25 heavy (non-hydrogen) atoms. The number of aryl methyl sites for hydroxylation is 1. The smallest absolute Gasteiger partial charge is 0.328 e. The first-order valence-corrected chi connectivity index (χ1v) is 8.10. The monoisotopic (exact) mass is 346 g/mol. The zero-order valence-electron chi connectivity index (χ0n) is 14.0. The lowest BCUT2D eigenvalue weighted by atomic mass is 10.1. The molecule has 1 aromatic heterocycles. The first-order valence-electron chi connectivity index (χ1n) is 8.10. The van der Waals surface area contributed by atoms with Crippen molar-refractivity contribution in [3.05, 3.63) is 62.4 Å². The van der Waals surface area contributed by atoms with Gasteiger partial charge >= 0.3 is 11.7 Å². The summed E-state index contributed by atoms with van der Waals surface area (Å²) in [5, 5.41) is 14.2. The quantitative estimate of drug-likeness (QED) is 0.593. The van der Waals surface area contributed by atoms with Crippen LogP contribution < -0.4 is 21.9 Å². The summed E-state index contributed by atoms with van der Waals surface area (Å²) in [5.74, 6) is 0. The van der Waals surface area contributed by atoms with Gasteiger partial charge in [0.25, 0.3) is 5.56 Å². The number of amides is 2. The molecule has 4 N–H and O–H groups in total. The molecular formula is C17H22N4O4. The molecule has 0 fully saturated rings. The summed E-state index contributed by atoms with van der Waals surface area (Å²) in [6, 6.07) is 7.09. The number of anilines is 1. The topological polar surface area (TPSA) is 116 Å². The van der Waals surface area contributed by atoms with Crippen LogP contribution in [-0.4, -0.2) is 27.3 Å². The van der Waals surface area contributed by atoms with E-state index in [1.807, 2.05) is 24.3 Å². The number of carbonyl (C=O) groups is 1. The van der Waals surface area contributed by atoms with Gasteiger partial charge in [0.1, 0.15) is 0 Å². The van der Waals surface area contributed by atoms with E-state index in [1.54, 1.807) is 0 Å². The van der Waals surface area contributed by atoms with Gasteiger partial charge in [-0.3, -0.25) is 14.3 Å². The van der Waals surface area contributed by atoms with Crippen LogP contribution >= 0.6 is 0 Å². The average Bonchev–Trinajstić information content (AvgIpc) is 2.58. The number of urea groups is 1. The minimum atomic E-state index is -0.598. The van der Waals surface area contributed by atoms with E-state index in [9.17, 15) is 14.4 Å². The van der Waals surface area contributed by atoms with Gasteiger partial charge in [0.2, 0.25) is 0 Å². The molecule has 0 spiro atoms. The van der Waals surface area contributed by atoms with Gasteiger partial charge in [-0.15, -0.1) is 0 Å². The summed E-state index contributed by atoms with van der Waals surface area (Å²) < 4.78 is 1.18. The molecule has 1 aromatic carbocycles. The van der Waals surface area contributed by atoms with E-state index in [1.165, 1.54) is 16.3 Å². The van der Waals surface area contributed by atoms with E-state index < -0.39 is 17.3 Å². The molecule has 0 aliphatic rings. The highest BCUT2D eigenvalue weighted by atomic mass is 16.3. The standard InChI is InChI=1S/C17H22N4O4/c1-2-3-12-4-6-14(7-5-12)19-16(24)18-10-13-11-21(8-9-22)17(25)20-15(13)23/h4-7,11,22H,2-3,8-10H2,1H3,(H2,18,19,24)(H,20,23,25). The third-order valence-electron chi connectivity index (χ3n) is 3.62. The zero-order chi connectivity index (χ0) is 18.2. The van der Waals surface area contributed by atoms with E-state index in [4.69, 9.17) is 5.11 Å². The first kappa shape index (κ1) is 18.5. The fourth-order valence-electron chi connectivity index (χ4n) is 2.35. The van der Waals surface area contributed by atoms with E-state index in [0.29, 0.717) is 5.69 Å². The number of hydrogen-bond acceptors (Lipinski definition) is 4. The van der Waals surface area contributed by atoms with Gasteiger partial charge in [0, 0.05) is 11.9 Å². The summed E-state index contributed by atoms with van der Waals surface area (Å²) in [6.45, 7) is 1.90. The molecule has 2 rings (SSSR count). The Hall–Kier alpha value is -2.87. The van der Waals surface area contributed by atoms with Crippen LogP contribution in [-0.2, 0) is 19.5 Å². The van der Waals surface area contributed by atoms with Crippen LogP contribution in [0.3, 0.4) is 0 Å². The summed E-state index contributed by atoms with van der Waals surface area (Å²) in [7, 11) is 0. The highest BCUT2D eigenvalue weighted by molar-refractivity contribution is 5.89. The molecule has 134 valence electrons. The number of aromatic amines is 1. The normalized spacial score (nSPS) is 10.5. The fraction of sp³-hybridized carbons (Fsp3) is 0.353. The minimum Gasteiger partial charge on any atom is -0.395 e. The van der Waals surface area contributed by atoms with E-state index in [-0.39, 0.29) is 25.3 Å². The van der Waals surface area contributed by atoms with Crippen LogP contribution in [0, 0.1) is 0 Å². The number of H-pyrrole nitrogens is 1. The molecule has 0 aliphatic heterocycles. The van der Waals surface area contributed by atoms with Gasteiger partial charge in [-0.2, -0.15) is 0 Å². The largest absolute Gasteiger partial charge is 0.395 e. The van der Waals surface area contributed by atoms with Gasteiger partial charge in [-0.05, 0) is 24.1 Å². The number of hydrogen-bond donors (Lipinski definition) is 4. The second-order valence-electron chi connectivity index (χ2n) is 5.59. The van der Waals surface area contributed by atoms with Gasteiger partial charge in [0.15, 0.2) is 0 Å². The van der Waals surface area contributed by atoms with Crippen molar-refractivity contribution in [3.63, 3.8) is 0 Å². The average molecular weight is 346 g/mol. The van der Waals surface area contributed by atoms with Crippen LogP contribution in [0.15, 0.2) is 40.1 Å². The van der Waals surface area contributed by atoms with Crippen molar-refractivity contribution < 1.29 is 9.90 Å². The number of nitrogens with one attached hydrogen (secondary N) is 3. The Bertz CT molecular complexity index is 824. The van der Waals surface area contributed by atoms with Crippen molar-refractivity contribution in [2.24, 2.45) is 0 Å². The van der Waals surface area contributed by atoms with E-state index in [0.717, 1.165) is 12.8 Å². The van der Waals surface area contributed by atoms with Crippen LogP contribution in [0.5, 0.6) is 0 Å². The predicted octanol–water partition coefficient (Wildman–Crippen LogP) is 0.803. The fourth-order valence-corrected chi connectivity index (χ4v) is 2.35. The molecular weight excluding hydrogens is 324 g/mol. The second kappa shape index (κ2) is 8.84. The second-order valence-corrected chi connectivity index (χ2v) is 5.59. The Morgan fingerprint density at radius 2 is 1.96 bits per heavy atom. The van der Waals surface area contributed by atoms with Crippen LogP contribution in [0.1, 0.15) is 24.5 Å². The van der Waals surface area contributed by atoms with Crippen molar-refractivity contribution in [3.8, 4) is 0 Å². The number of rotatable bonds is 7. The van der Waals surface area contributed by atoms with E-state index >= 15 is 0 Å². The first-order chi connectivity index (χ1) is 12.0. The molecule has 0 saturated carbocycles. The Kier molecular flexibility index (Phi) is 6.53. The number of aromatic nitrogens is 2. The molecule has 0 bridgehead atoms. The summed E-state index contributed by atoms with van der Waals surface area (Å²) in [6.07, 6.45) is 3.37. The number of aliphatic hydroxyl groups excluding tert-OH is 1. The lowest BCUT2D eigenvalue weighted by Crippen LogP contribution is -2.36. The maximum Gasteiger partial charge on any atom is 0.328 e. The van der Waals surface area contributed by atoms with Crippen molar-refractivity contribution in [2.45, 2.75) is 32.9 Å². The Morgan fingerprint density at radius 1 is 1.24 bits per heavy atom. The van der Waals surface area contributed by atoms with Crippen molar-refractivity contribution in [1.82, 2.24) is 14.9 Å². The van der Waals surface area contributed by atoms with Crippen molar-refractivity contribution in [1.29, 1.82) is 0 Å². The van der Waals surface area contributed by atoms with Gasteiger partial charge < -0.3 is 15.7 Å². The summed E-state index contributed by atoms with van der Waals surface area (Å²) in [4.78, 5) is 37.4. The number of carbonyl (C=O) groups excluding carboxylic acids is 1. The van der Waals surface area contributed by atoms with Crippen molar-refractivity contribution >= 4 is 11.7 Å². The number of nitrogens with zero attached hydrogens (tertiary/aromatic N) is 1. The predicted molar refractivity (Wildman–Crippen MR) is 94.7 cm³/mol. The number of benzene rings is 1. The van der Waals surface area contributed by atoms with Gasteiger partial charge in [0.05, 0.1) is 25.3 Å². The third-order valence-corrected chi connectivity index (χ3v) is 3.62. The highest BCUT2D eigenvalue weighted by Crippen LogP contribution is 2.10. The third kappa shape index (κ3) is 5.32. The maximum absolute atomic E-state index is 11.9. The molecule has 0 saturated heterocycles. The lowest BCUT2D eigenvalue weighted by molar-refractivity contribution is 0.251.